The van der Waals surface area contributed by atoms with Crippen molar-refractivity contribution in [3.63, 3.8) is 0 Å². The molecule has 1 aliphatic heterocycles. The van der Waals surface area contributed by atoms with E-state index < -0.39 is 16.9 Å². The summed E-state index contributed by atoms with van der Waals surface area (Å²) in [6.45, 7) is 3.90. The summed E-state index contributed by atoms with van der Waals surface area (Å²) in [7, 11) is 0. The number of hydrogen-bond acceptors (Lipinski definition) is 9. The van der Waals surface area contributed by atoms with Crippen LogP contribution in [0.25, 0.3) is 6.08 Å². The van der Waals surface area contributed by atoms with Crippen LogP contribution >= 0.6 is 23.1 Å². The van der Waals surface area contributed by atoms with Crippen molar-refractivity contribution in [1.82, 2.24) is 4.57 Å². The molecule has 0 radical (unpaired) electrons. The molecule has 0 bridgehead atoms. The third-order valence-electron chi connectivity index (χ3n) is 6.70. The van der Waals surface area contributed by atoms with Gasteiger partial charge in [0.05, 0.1) is 33.4 Å². The Labute approximate surface area is 249 Å². The highest BCUT2D eigenvalue weighted by atomic mass is 32.2. The number of para-hydroxylation sites is 1. The quantitative estimate of drug-likeness (QED) is 0.115. The van der Waals surface area contributed by atoms with Crippen molar-refractivity contribution in [2.75, 3.05) is 12.9 Å². The highest BCUT2D eigenvalue weighted by Crippen LogP contribution is 2.32. The standard InChI is InChI=1S/C31H27N3O6S2/c1-4-39-30(36)27-19(2)32-31-33(28(27)21-11-15-24(41-3)16-12-21)29(35)26(42-31)17-22-7-5-6-8-25(22)40-18-20-9-13-23(14-10-20)34(37)38/h5-17,28H,4,18H2,1-3H3/b26-17-/t28-/m0/s1. The van der Waals surface area contributed by atoms with Crippen LogP contribution in [0, 0.1) is 10.1 Å². The molecule has 1 aromatic heterocycles. The number of allylic oxidation sites excluding steroid dienone is 1. The Hall–Kier alpha value is -4.48. The number of nitro groups is 1. The molecule has 5 rings (SSSR count). The average Bonchev–Trinajstić information content (AvgIpc) is 3.30. The Morgan fingerprint density at radius 1 is 1.12 bits per heavy atom. The van der Waals surface area contributed by atoms with Crippen LogP contribution in [0.4, 0.5) is 5.69 Å². The molecule has 0 saturated carbocycles. The molecule has 0 amide bonds. The number of hydrogen-bond donors (Lipinski definition) is 0. The SMILES string of the molecule is CCOC(=O)C1=C(C)N=c2s/c(=C\c3ccccc3OCc3ccc([N+](=O)[O-])cc3)c(=O)n2[C@H]1c1ccc(SC)cc1. The average molecular weight is 602 g/mol. The second-order valence-corrected chi connectivity index (χ2v) is 11.2. The minimum absolute atomic E-state index is 0.00868. The predicted molar refractivity (Wildman–Crippen MR) is 162 cm³/mol. The predicted octanol–water partition coefficient (Wildman–Crippen LogP) is 5.01. The number of carbonyl (C=O) groups excluding carboxylic acids is 1. The topological polar surface area (TPSA) is 113 Å². The molecule has 0 N–H and O–H groups in total. The zero-order valence-electron chi connectivity index (χ0n) is 23.1. The second kappa shape index (κ2) is 12.6. The fourth-order valence-corrected chi connectivity index (χ4v) is 6.09. The van der Waals surface area contributed by atoms with Gasteiger partial charge in [-0.05, 0) is 67.6 Å². The Balaban J connectivity index is 1.55. The maximum Gasteiger partial charge on any atom is 0.338 e. The molecule has 0 spiro atoms. The number of benzene rings is 3. The summed E-state index contributed by atoms with van der Waals surface area (Å²) in [5, 5.41) is 10.9. The number of carbonyl (C=O) groups is 1. The first-order valence-corrected chi connectivity index (χ1v) is 15.1. The first kappa shape index (κ1) is 29.0. The minimum atomic E-state index is -0.688. The lowest BCUT2D eigenvalue weighted by atomic mass is 9.96. The third kappa shape index (κ3) is 5.93. The van der Waals surface area contributed by atoms with Gasteiger partial charge in [0.1, 0.15) is 12.4 Å². The second-order valence-electron chi connectivity index (χ2n) is 9.33. The lowest BCUT2D eigenvalue weighted by molar-refractivity contribution is -0.384. The summed E-state index contributed by atoms with van der Waals surface area (Å²) in [6, 6.07) is 20.6. The maximum atomic E-state index is 13.9. The molecule has 42 heavy (non-hydrogen) atoms. The number of thioether (sulfide) groups is 1. The highest BCUT2D eigenvalue weighted by Gasteiger charge is 2.33. The number of esters is 1. The number of nitrogens with zero attached hydrogens (tertiary/aromatic N) is 3. The van der Waals surface area contributed by atoms with E-state index in [2.05, 4.69) is 4.99 Å². The van der Waals surface area contributed by atoms with E-state index in [0.717, 1.165) is 16.0 Å². The van der Waals surface area contributed by atoms with Crippen LogP contribution in [0.1, 0.15) is 36.6 Å². The first-order chi connectivity index (χ1) is 20.3. The summed E-state index contributed by atoms with van der Waals surface area (Å²) < 4.78 is 13.4. The normalized spacial score (nSPS) is 14.7. The highest BCUT2D eigenvalue weighted by molar-refractivity contribution is 7.98. The van der Waals surface area contributed by atoms with Crippen molar-refractivity contribution in [1.29, 1.82) is 0 Å². The molecule has 2 heterocycles. The van der Waals surface area contributed by atoms with Crippen LogP contribution in [0.3, 0.4) is 0 Å². The monoisotopic (exact) mass is 601 g/mol. The molecule has 0 unspecified atom stereocenters. The third-order valence-corrected chi connectivity index (χ3v) is 8.42. The summed E-state index contributed by atoms with van der Waals surface area (Å²) >= 11 is 2.85. The van der Waals surface area contributed by atoms with E-state index in [-0.39, 0.29) is 24.5 Å². The molecule has 4 aromatic rings. The van der Waals surface area contributed by atoms with Gasteiger partial charge in [-0.1, -0.05) is 41.7 Å². The molecular formula is C31H27N3O6S2. The number of aromatic nitrogens is 1. The maximum absolute atomic E-state index is 13.9. The van der Waals surface area contributed by atoms with Crippen molar-refractivity contribution in [3.05, 3.63) is 131 Å². The molecule has 1 aliphatic rings. The Morgan fingerprint density at radius 2 is 1.83 bits per heavy atom. The fraction of sp³-hybridized carbons (Fsp3) is 0.194. The van der Waals surface area contributed by atoms with Gasteiger partial charge in [-0.15, -0.1) is 11.8 Å². The molecule has 0 fully saturated rings. The molecule has 0 aliphatic carbocycles. The minimum Gasteiger partial charge on any atom is -0.488 e. The molecule has 9 nitrogen and oxygen atoms in total. The molecule has 0 saturated heterocycles. The molecule has 1 atom stereocenters. The largest absolute Gasteiger partial charge is 0.488 e. The van der Waals surface area contributed by atoms with E-state index in [0.29, 0.717) is 31.9 Å². The Kier molecular flexibility index (Phi) is 8.69. The van der Waals surface area contributed by atoms with Crippen molar-refractivity contribution < 1.29 is 19.2 Å². The number of fused-ring (bicyclic) bond motifs is 1. The van der Waals surface area contributed by atoms with E-state index in [9.17, 15) is 19.7 Å². The van der Waals surface area contributed by atoms with E-state index in [1.807, 2.05) is 48.7 Å². The van der Waals surface area contributed by atoms with E-state index >= 15 is 0 Å². The van der Waals surface area contributed by atoms with Gasteiger partial charge in [0, 0.05) is 22.6 Å². The van der Waals surface area contributed by atoms with Crippen molar-refractivity contribution in [2.45, 2.75) is 31.4 Å². The molecule has 11 heteroatoms. The van der Waals surface area contributed by atoms with Crippen LogP contribution in [0.15, 0.2) is 98.7 Å². The van der Waals surface area contributed by atoms with Gasteiger partial charge >= 0.3 is 5.97 Å². The fourth-order valence-electron chi connectivity index (χ4n) is 4.64. The summed E-state index contributed by atoms with van der Waals surface area (Å²) in [5.41, 5.74) is 2.80. The lowest BCUT2D eigenvalue weighted by Crippen LogP contribution is -2.39. The summed E-state index contributed by atoms with van der Waals surface area (Å²) in [6.07, 6.45) is 3.74. The van der Waals surface area contributed by atoms with Gasteiger partial charge in [-0.2, -0.15) is 0 Å². The van der Waals surface area contributed by atoms with Crippen molar-refractivity contribution in [3.8, 4) is 5.75 Å². The summed E-state index contributed by atoms with van der Waals surface area (Å²) in [5.74, 6) is 0.0475. The number of rotatable bonds is 9. The van der Waals surface area contributed by atoms with Gasteiger partial charge in [-0.25, -0.2) is 9.79 Å². The van der Waals surface area contributed by atoms with Crippen molar-refractivity contribution >= 4 is 40.8 Å². The molecule has 3 aromatic carbocycles. The van der Waals surface area contributed by atoms with Gasteiger partial charge in [-0.3, -0.25) is 19.5 Å². The van der Waals surface area contributed by atoms with Gasteiger partial charge < -0.3 is 9.47 Å². The lowest BCUT2D eigenvalue weighted by Gasteiger charge is -2.24. The Bertz CT molecular complexity index is 1860. The van der Waals surface area contributed by atoms with Crippen LogP contribution < -0.4 is 19.6 Å². The van der Waals surface area contributed by atoms with Gasteiger partial charge in [0.15, 0.2) is 4.80 Å². The number of nitro benzene ring substituents is 1. The van der Waals surface area contributed by atoms with E-state index in [1.54, 1.807) is 54.5 Å². The van der Waals surface area contributed by atoms with Crippen LogP contribution in [-0.2, 0) is 16.1 Å². The van der Waals surface area contributed by atoms with Crippen LogP contribution in [0.5, 0.6) is 5.75 Å². The Morgan fingerprint density at radius 3 is 2.50 bits per heavy atom. The van der Waals surface area contributed by atoms with E-state index in [4.69, 9.17) is 9.47 Å². The zero-order valence-corrected chi connectivity index (χ0v) is 24.7. The van der Waals surface area contributed by atoms with Gasteiger partial charge in [0.25, 0.3) is 11.2 Å². The smallest absolute Gasteiger partial charge is 0.338 e. The number of ether oxygens (including phenoxy) is 2. The van der Waals surface area contributed by atoms with Gasteiger partial charge in [0.2, 0.25) is 0 Å². The first-order valence-electron chi connectivity index (χ1n) is 13.1. The van der Waals surface area contributed by atoms with E-state index in [1.165, 1.54) is 23.5 Å². The molecule has 214 valence electrons. The number of non-ortho nitro benzene ring substituents is 1. The van der Waals surface area contributed by atoms with Crippen LogP contribution in [0.2, 0.25) is 0 Å². The molecular weight excluding hydrogens is 574 g/mol. The van der Waals surface area contributed by atoms with Crippen LogP contribution in [-0.4, -0.2) is 28.3 Å². The summed E-state index contributed by atoms with van der Waals surface area (Å²) in [4.78, 5) is 43.7. The number of thiazole rings is 1. The van der Waals surface area contributed by atoms with Crippen molar-refractivity contribution in [2.24, 2.45) is 4.99 Å². The zero-order chi connectivity index (χ0) is 29.8.